The number of ether oxygens (including phenoxy) is 1. The molecule has 2 aliphatic rings. The van der Waals surface area contributed by atoms with Gasteiger partial charge < -0.3 is 15.4 Å². The van der Waals surface area contributed by atoms with Crippen molar-refractivity contribution in [1.82, 2.24) is 20.4 Å². The first kappa shape index (κ1) is 26.9. The number of benzene rings is 2. The summed E-state index contributed by atoms with van der Waals surface area (Å²) in [5.41, 5.74) is 5.28. The summed E-state index contributed by atoms with van der Waals surface area (Å²) in [5, 5.41) is 6.86. The van der Waals surface area contributed by atoms with Crippen LogP contribution in [0.25, 0.3) is 0 Å². The van der Waals surface area contributed by atoms with Crippen LogP contribution in [-0.4, -0.2) is 62.2 Å². The Morgan fingerprint density at radius 2 is 1.15 bits per heavy atom. The van der Waals surface area contributed by atoms with Gasteiger partial charge in [-0.3, -0.25) is 14.8 Å². The zero-order valence-corrected chi connectivity index (χ0v) is 22.8. The molecule has 2 N–H and O–H groups in total. The highest BCUT2D eigenvalue weighted by molar-refractivity contribution is 14.0. The Morgan fingerprint density at radius 3 is 1.62 bits per heavy atom. The van der Waals surface area contributed by atoms with Crippen molar-refractivity contribution in [3.05, 3.63) is 70.8 Å². The molecule has 2 fully saturated rings. The number of rotatable bonds is 8. The lowest BCUT2D eigenvalue weighted by Gasteiger charge is -2.26. The number of hydrogen-bond donors (Lipinski definition) is 2. The molecule has 0 radical (unpaired) electrons. The standard InChI is InChI=1S/C27H39N5O.HI/c1-28-27(29-19-23-5-9-25(10-6-23)21-31-13-3-2-4-14-31)30-20-24-7-11-26(12-8-24)22-32-15-17-33-18-16-32;/h5-12H,2-4,13-22H2,1H3,(H2,28,29,30);1H. The minimum absolute atomic E-state index is 0. The number of nitrogens with zero attached hydrogens (tertiary/aromatic N) is 3. The first-order valence-corrected chi connectivity index (χ1v) is 12.4. The Morgan fingerprint density at radius 1 is 0.706 bits per heavy atom. The Balaban J connectivity index is 0.00000324. The molecule has 0 bridgehead atoms. The first-order chi connectivity index (χ1) is 16.3. The molecule has 0 amide bonds. The zero-order valence-electron chi connectivity index (χ0n) is 20.5. The molecule has 7 heteroatoms. The van der Waals surface area contributed by atoms with Gasteiger partial charge in [0.1, 0.15) is 0 Å². The van der Waals surface area contributed by atoms with Gasteiger partial charge in [0.15, 0.2) is 5.96 Å². The summed E-state index contributed by atoms with van der Waals surface area (Å²) in [6.45, 7) is 9.80. The van der Waals surface area contributed by atoms with Crippen LogP contribution in [0, 0.1) is 0 Å². The van der Waals surface area contributed by atoms with Crippen LogP contribution in [0.1, 0.15) is 41.5 Å². The summed E-state index contributed by atoms with van der Waals surface area (Å²) in [5.74, 6) is 0.824. The van der Waals surface area contributed by atoms with Crippen molar-refractivity contribution >= 4 is 29.9 Å². The van der Waals surface area contributed by atoms with Crippen LogP contribution in [0.2, 0.25) is 0 Å². The average Bonchev–Trinajstić information content (AvgIpc) is 2.87. The molecule has 34 heavy (non-hydrogen) atoms. The SMILES string of the molecule is CN=C(NCc1ccc(CN2CCCCC2)cc1)NCc1ccc(CN2CCOCC2)cc1.I. The van der Waals surface area contributed by atoms with E-state index < -0.39 is 0 Å². The molecule has 0 aliphatic carbocycles. The van der Waals surface area contributed by atoms with E-state index in [1.807, 2.05) is 7.05 Å². The maximum atomic E-state index is 5.43. The molecule has 0 aromatic heterocycles. The summed E-state index contributed by atoms with van der Waals surface area (Å²) in [6.07, 6.45) is 4.07. The van der Waals surface area contributed by atoms with E-state index in [4.69, 9.17) is 4.74 Å². The molecule has 2 aromatic rings. The normalized spacial score (nSPS) is 17.7. The van der Waals surface area contributed by atoms with Crippen molar-refractivity contribution in [2.24, 2.45) is 4.99 Å². The van der Waals surface area contributed by atoms with Crippen LogP contribution in [0.4, 0.5) is 0 Å². The van der Waals surface area contributed by atoms with Crippen molar-refractivity contribution in [2.45, 2.75) is 45.4 Å². The van der Waals surface area contributed by atoms with Crippen LogP contribution >= 0.6 is 24.0 Å². The van der Waals surface area contributed by atoms with Gasteiger partial charge in [-0.05, 0) is 48.2 Å². The van der Waals surface area contributed by atoms with Gasteiger partial charge in [0.25, 0.3) is 0 Å². The van der Waals surface area contributed by atoms with E-state index in [0.29, 0.717) is 0 Å². The summed E-state index contributed by atoms with van der Waals surface area (Å²) < 4.78 is 5.43. The predicted octanol–water partition coefficient (Wildman–Crippen LogP) is 3.99. The molecule has 2 saturated heterocycles. The second-order valence-corrected chi connectivity index (χ2v) is 9.14. The molecule has 4 rings (SSSR count). The number of piperidine rings is 1. The van der Waals surface area contributed by atoms with Gasteiger partial charge in [-0.2, -0.15) is 0 Å². The topological polar surface area (TPSA) is 52.1 Å². The van der Waals surface area contributed by atoms with Gasteiger partial charge in [0.2, 0.25) is 0 Å². The third-order valence-corrected chi connectivity index (χ3v) is 6.55. The highest BCUT2D eigenvalue weighted by Crippen LogP contribution is 2.14. The maximum Gasteiger partial charge on any atom is 0.191 e. The van der Waals surface area contributed by atoms with Crippen molar-refractivity contribution in [3.8, 4) is 0 Å². The molecule has 186 valence electrons. The van der Waals surface area contributed by atoms with Gasteiger partial charge >= 0.3 is 0 Å². The number of halogens is 1. The number of aliphatic imine (C=N–C) groups is 1. The number of guanidine groups is 1. The molecule has 0 atom stereocenters. The molecular weight excluding hydrogens is 537 g/mol. The van der Waals surface area contributed by atoms with E-state index in [1.165, 1.54) is 54.6 Å². The highest BCUT2D eigenvalue weighted by Gasteiger charge is 2.11. The third-order valence-electron chi connectivity index (χ3n) is 6.55. The van der Waals surface area contributed by atoms with Crippen molar-refractivity contribution in [3.63, 3.8) is 0 Å². The lowest BCUT2D eigenvalue weighted by Crippen LogP contribution is -2.36. The Labute approximate surface area is 222 Å². The van der Waals surface area contributed by atoms with Crippen LogP contribution in [0.15, 0.2) is 53.5 Å². The molecule has 2 aromatic carbocycles. The van der Waals surface area contributed by atoms with E-state index in [2.05, 4.69) is 74.0 Å². The second kappa shape index (κ2) is 14.7. The second-order valence-electron chi connectivity index (χ2n) is 9.14. The Hall–Kier alpha value is -1.68. The van der Waals surface area contributed by atoms with Gasteiger partial charge in [-0.25, -0.2) is 0 Å². The third kappa shape index (κ3) is 8.83. The first-order valence-electron chi connectivity index (χ1n) is 12.4. The van der Waals surface area contributed by atoms with E-state index in [1.54, 1.807) is 0 Å². The quantitative estimate of drug-likeness (QED) is 0.283. The molecule has 0 spiro atoms. The number of hydrogen-bond acceptors (Lipinski definition) is 4. The fourth-order valence-corrected chi connectivity index (χ4v) is 4.51. The molecule has 6 nitrogen and oxygen atoms in total. The fourth-order valence-electron chi connectivity index (χ4n) is 4.51. The van der Waals surface area contributed by atoms with Crippen LogP contribution in [-0.2, 0) is 30.9 Å². The lowest BCUT2D eigenvalue weighted by molar-refractivity contribution is 0.0342. The molecule has 2 heterocycles. The van der Waals surface area contributed by atoms with E-state index in [9.17, 15) is 0 Å². The number of likely N-dealkylation sites (tertiary alicyclic amines) is 1. The average molecular weight is 578 g/mol. The monoisotopic (exact) mass is 577 g/mol. The van der Waals surface area contributed by atoms with Gasteiger partial charge in [0, 0.05) is 46.3 Å². The van der Waals surface area contributed by atoms with Crippen LogP contribution < -0.4 is 10.6 Å². The Bertz CT molecular complexity index is 790. The van der Waals surface area contributed by atoms with Gasteiger partial charge in [0.05, 0.1) is 13.2 Å². The molecular formula is C27H40IN5O. The molecule has 2 aliphatic heterocycles. The summed E-state index contributed by atoms with van der Waals surface area (Å²) in [4.78, 5) is 9.39. The van der Waals surface area contributed by atoms with Gasteiger partial charge in [-0.15, -0.1) is 24.0 Å². The summed E-state index contributed by atoms with van der Waals surface area (Å²) in [6, 6.07) is 17.9. The fraction of sp³-hybridized carbons (Fsp3) is 0.519. The number of nitrogens with one attached hydrogen (secondary N) is 2. The predicted molar refractivity (Wildman–Crippen MR) is 151 cm³/mol. The minimum atomic E-state index is 0. The van der Waals surface area contributed by atoms with Crippen LogP contribution in [0.3, 0.4) is 0 Å². The van der Waals surface area contributed by atoms with Gasteiger partial charge in [-0.1, -0.05) is 55.0 Å². The Kier molecular flexibility index (Phi) is 11.6. The van der Waals surface area contributed by atoms with E-state index in [-0.39, 0.29) is 24.0 Å². The number of morpholine rings is 1. The minimum Gasteiger partial charge on any atom is -0.379 e. The van der Waals surface area contributed by atoms with Crippen molar-refractivity contribution in [1.29, 1.82) is 0 Å². The largest absolute Gasteiger partial charge is 0.379 e. The smallest absolute Gasteiger partial charge is 0.191 e. The zero-order chi connectivity index (χ0) is 22.7. The van der Waals surface area contributed by atoms with E-state index in [0.717, 1.165) is 58.4 Å². The van der Waals surface area contributed by atoms with Crippen molar-refractivity contribution < 1.29 is 4.74 Å². The molecule has 0 unspecified atom stereocenters. The summed E-state index contributed by atoms with van der Waals surface area (Å²) >= 11 is 0. The lowest BCUT2D eigenvalue weighted by atomic mass is 10.1. The molecule has 0 saturated carbocycles. The summed E-state index contributed by atoms with van der Waals surface area (Å²) in [7, 11) is 1.82. The van der Waals surface area contributed by atoms with Crippen molar-refractivity contribution in [2.75, 3.05) is 46.4 Å². The van der Waals surface area contributed by atoms with Crippen LogP contribution in [0.5, 0.6) is 0 Å². The van der Waals surface area contributed by atoms with E-state index >= 15 is 0 Å². The highest BCUT2D eigenvalue weighted by atomic mass is 127. The maximum absolute atomic E-state index is 5.43.